The molecule has 0 atom stereocenters. The summed E-state index contributed by atoms with van der Waals surface area (Å²) in [5.41, 5.74) is 1.80. The minimum atomic E-state index is -0.422. The summed E-state index contributed by atoms with van der Waals surface area (Å²) in [6.45, 7) is 0. The summed E-state index contributed by atoms with van der Waals surface area (Å²) >= 11 is 5.97. The Morgan fingerprint density at radius 3 is 2.72 bits per heavy atom. The van der Waals surface area contributed by atoms with Gasteiger partial charge in [-0.3, -0.25) is 0 Å². The molecule has 0 aliphatic rings. The van der Waals surface area contributed by atoms with Crippen LogP contribution in [0.1, 0.15) is 10.4 Å². The summed E-state index contributed by atoms with van der Waals surface area (Å²) in [5, 5.41) is 6.81. The highest BCUT2D eigenvalue weighted by atomic mass is 35.5. The maximum absolute atomic E-state index is 11.8. The first-order chi connectivity index (χ1) is 12.2. The molecule has 1 heterocycles. The summed E-state index contributed by atoms with van der Waals surface area (Å²) in [6, 6.07) is 16.0. The molecule has 6 nitrogen and oxygen atoms in total. The topological polar surface area (TPSA) is 76.1 Å². The smallest absolute Gasteiger partial charge is 0.339 e. The largest absolute Gasteiger partial charge is 0.465 e. The van der Waals surface area contributed by atoms with E-state index in [4.69, 9.17) is 16.3 Å². The third-order valence-corrected chi connectivity index (χ3v) is 3.57. The van der Waals surface area contributed by atoms with Crippen LogP contribution in [0.5, 0.6) is 0 Å². The van der Waals surface area contributed by atoms with Crippen molar-refractivity contribution in [2.24, 2.45) is 0 Å². The molecule has 0 radical (unpaired) electrons. The Morgan fingerprint density at radius 1 is 1.08 bits per heavy atom. The molecule has 25 heavy (non-hydrogen) atoms. The van der Waals surface area contributed by atoms with E-state index in [2.05, 4.69) is 20.6 Å². The molecule has 0 fully saturated rings. The lowest BCUT2D eigenvalue weighted by Gasteiger charge is -2.11. The van der Waals surface area contributed by atoms with Gasteiger partial charge in [0.2, 0.25) is 5.95 Å². The number of rotatable bonds is 5. The number of methoxy groups -OCH3 is 1. The van der Waals surface area contributed by atoms with Crippen molar-refractivity contribution in [1.82, 2.24) is 9.97 Å². The first-order valence-electron chi connectivity index (χ1n) is 7.46. The number of hydrogen-bond donors (Lipinski definition) is 2. The SMILES string of the molecule is COC(=O)c1ccccc1Nc1ccnc(Nc2cccc(Cl)c2)n1. The monoisotopic (exact) mass is 354 g/mol. The Labute approximate surface area is 149 Å². The van der Waals surface area contributed by atoms with Crippen molar-refractivity contribution in [3.63, 3.8) is 0 Å². The van der Waals surface area contributed by atoms with E-state index in [1.54, 1.807) is 42.6 Å². The molecule has 3 aromatic rings. The molecule has 0 saturated heterocycles. The zero-order valence-electron chi connectivity index (χ0n) is 13.4. The van der Waals surface area contributed by atoms with E-state index < -0.39 is 5.97 Å². The van der Waals surface area contributed by atoms with E-state index in [1.165, 1.54) is 7.11 Å². The average molecular weight is 355 g/mol. The minimum absolute atomic E-state index is 0.405. The predicted octanol–water partition coefficient (Wildman–Crippen LogP) is 4.40. The molecule has 2 N–H and O–H groups in total. The van der Waals surface area contributed by atoms with Gasteiger partial charge in [-0.25, -0.2) is 9.78 Å². The van der Waals surface area contributed by atoms with Gasteiger partial charge in [0, 0.05) is 16.9 Å². The molecular weight excluding hydrogens is 340 g/mol. The first kappa shape index (κ1) is 16.7. The molecule has 0 aliphatic heterocycles. The van der Waals surface area contributed by atoms with Gasteiger partial charge in [-0.2, -0.15) is 4.98 Å². The summed E-state index contributed by atoms with van der Waals surface area (Å²) in [6.07, 6.45) is 1.61. The van der Waals surface area contributed by atoms with Gasteiger partial charge in [0.25, 0.3) is 0 Å². The fourth-order valence-corrected chi connectivity index (χ4v) is 2.39. The Kier molecular flexibility index (Phi) is 5.11. The Hall–Kier alpha value is -3.12. The van der Waals surface area contributed by atoms with E-state index in [0.717, 1.165) is 5.69 Å². The quantitative estimate of drug-likeness (QED) is 0.661. The third kappa shape index (κ3) is 4.24. The van der Waals surface area contributed by atoms with Gasteiger partial charge in [0.1, 0.15) is 5.82 Å². The normalized spacial score (nSPS) is 10.2. The fourth-order valence-electron chi connectivity index (χ4n) is 2.20. The lowest BCUT2D eigenvalue weighted by Crippen LogP contribution is -2.06. The van der Waals surface area contributed by atoms with Crippen LogP contribution < -0.4 is 10.6 Å². The van der Waals surface area contributed by atoms with Crippen molar-refractivity contribution >= 4 is 40.7 Å². The average Bonchev–Trinajstić information content (AvgIpc) is 2.62. The molecule has 1 aromatic heterocycles. The molecule has 3 rings (SSSR count). The molecule has 0 bridgehead atoms. The maximum Gasteiger partial charge on any atom is 0.339 e. The number of anilines is 4. The molecule has 0 amide bonds. The van der Waals surface area contributed by atoms with E-state index in [-0.39, 0.29) is 0 Å². The number of esters is 1. The van der Waals surface area contributed by atoms with Crippen LogP contribution in [-0.2, 0) is 4.74 Å². The number of ether oxygens (including phenoxy) is 1. The van der Waals surface area contributed by atoms with Crippen LogP contribution in [0.15, 0.2) is 60.8 Å². The van der Waals surface area contributed by atoms with Gasteiger partial charge in [-0.05, 0) is 36.4 Å². The number of aromatic nitrogens is 2. The zero-order chi connectivity index (χ0) is 17.6. The van der Waals surface area contributed by atoms with E-state index in [0.29, 0.717) is 28.0 Å². The molecule has 0 saturated carbocycles. The van der Waals surface area contributed by atoms with Crippen molar-refractivity contribution in [3.05, 3.63) is 71.4 Å². The Bertz CT molecular complexity index is 902. The summed E-state index contributed by atoms with van der Waals surface area (Å²) < 4.78 is 4.79. The van der Waals surface area contributed by atoms with Crippen LogP contribution in [0, 0.1) is 0 Å². The van der Waals surface area contributed by atoms with Crippen LogP contribution in [0.3, 0.4) is 0 Å². The lowest BCUT2D eigenvalue weighted by molar-refractivity contribution is 0.0602. The molecule has 0 unspecified atom stereocenters. The highest BCUT2D eigenvalue weighted by molar-refractivity contribution is 6.30. The van der Waals surface area contributed by atoms with Gasteiger partial charge in [-0.15, -0.1) is 0 Å². The lowest BCUT2D eigenvalue weighted by atomic mass is 10.2. The van der Waals surface area contributed by atoms with Gasteiger partial charge >= 0.3 is 5.97 Å². The number of para-hydroxylation sites is 1. The predicted molar refractivity (Wildman–Crippen MR) is 97.8 cm³/mol. The Morgan fingerprint density at radius 2 is 1.92 bits per heavy atom. The first-order valence-corrected chi connectivity index (χ1v) is 7.83. The summed E-state index contributed by atoms with van der Waals surface area (Å²) in [7, 11) is 1.34. The maximum atomic E-state index is 11.8. The Balaban J connectivity index is 1.82. The van der Waals surface area contributed by atoms with Gasteiger partial charge in [0.05, 0.1) is 18.4 Å². The second-order valence-electron chi connectivity index (χ2n) is 5.06. The summed E-state index contributed by atoms with van der Waals surface area (Å²) in [4.78, 5) is 20.4. The molecular formula is C18H15ClN4O2. The van der Waals surface area contributed by atoms with Gasteiger partial charge in [0.15, 0.2) is 0 Å². The van der Waals surface area contributed by atoms with Crippen molar-refractivity contribution in [2.75, 3.05) is 17.7 Å². The van der Waals surface area contributed by atoms with Crippen molar-refractivity contribution in [1.29, 1.82) is 0 Å². The number of halogens is 1. The van der Waals surface area contributed by atoms with E-state index in [9.17, 15) is 4.79 Å². The fraction of sp³-hybridized carbons (Fsp3) is 0.0556. The van der Waals surface area contributed by atoms with Gasteiger partial charge in [-0.1, -0.05) is 29.8 Å². The van der Waals surface area contributed by atoms with Crippen molar-refractivity contribution < 1.29 is 9.53 Å². The van der Waals surface area contributed by atoms with E-state index in [1.807, 2.05) is 18.2 Å². The van der Waals surface area contributed by atoms with Crippen molar-refractivity contribution in [3.8, 4) is 0 Å². The van der Waals surface area contributed by atoms with E-state index >= 15 is 0 Å². The highest BCUT2D eigenvalue weighted by Gasteiger charge is 2.11. The number of carbonyl (C=O) groups excluding carboxylic acids is 1. The molecule has 126 valence electrons. The van der Waals surface area contributed by atoms with Crippen LogP contribution in [0.25, 0.3) is 0 Å². The summed E-state index contributed by atoms with van der Waals surface area (Å²) in [5.74, 6) is 0.521. The number of nitrogens with zero attached hydrogens (tertiary/aromatic N) is 2. The standard InChI is InChI=1S/C18H15ClN4O2/c1-25-17(24)14-7-2-3-8-15(14)22-16-9-10-20-18(23-16)21-13-6-4-5-12(19)11-13/h2-11H,1H3,(H2,20,21,22,23). The number of carbonyl (C=O) groups is 1. The molecule has 0 spiro atoms. The molecule has 0 aliphatic carbocycles. The highest BCUT2D eigenvalue weighted by Crippen LogP contribution is 2.22. The van der Waals surface area contributed by atoms with Crippen LogP contribution >= 0.6 is 11.6 Å². The molecule has 2 aromatic carbocycles. The van der Waals surface area contributed by atoms with Crippen molar-refractivity contribution in [2.45, 2.75) is 0 Å². The molecule has 7 heteroatoms. The minimum Gasteiger partial charge on any atom is -0.465 e. The number of benzene rings is 2. The third-order valence-electron chi connectivity index (χ3n) is 3.33. The zero-order valence-corrected chi connectivity index (χ0v) is 14.1. The van der Waals surface area contributed by atoms with Crippen LogP contribution in [0.2, 0.25) is 5.02 Å². The van der Waals surface area contributed by atoms with Gasteiger partial charge < -0.3 is 15.4 Å². The van der Waals surface area contributed by atoms with Crippen LogP contribution in [-0.4, -0.2) is 23.0 Å². The second-order valence-corrected chi connectivity index (χ2v) is 5.50. The second kappa shape index (κ2) is 7.63. The number of hydrogen-bond acceptors (Lipinski definition) is 6. The van der Waals surface area contributed by atoms with Crippen LogP contribution in [0.4, 0.5) is 23.1 Å². The number of nitrogens with one attached hydrogen (secondary N) is 2.